The van der Waals surface area contributed by atoms with Crippen LogP contribution in [0.25, 0.3) is 22.6 Å². The third-order valence-corrected chi connectivity index (χ3v) is 4.25. The van der Waals surface area contributed by atoms with Crippen molar-refractivity contribution in [2.24, 2.45) is 5.73 Å². The van der Waals surface area contributed by atoms with E-state index in [1.807, 2.05) is 6.20 Å². The number of hydrogen-bond donors (Lipinski definition) is 2. The number of aromatic amines is 1. The van der Waals surface area contributed by atoms with Gasteiger partial charge < -0.3 is 15.2 Å². The van der Waals surface area contributed by atoms with Gasteiger partial charge in [-0.15, -0.1) is 0 Å². The molecule has 0 saturated heterocycles. The SMILES string of the molecule is NC1(c2noc(-c3c[nH]cc3-c3ccc(F)cc3)n2)CCC1. The molecule has 2 heterocycles. The summed E-state index contributed by atoms with van der Waals surface area (Å²) in [7, 11) is 0. The molecule has 112 valence electrons. The highest BCUT2D eigenvalue weighted by Gasteiger charge is 2.39. The topological polar surface area (TPSA) is 80.7 Å². The maximum absolute atomic E-state index is 13.1. The Balaban J connectivity index is 1.72. The number of benzene rings is 1. The van der Waals surface area contributed by atoms with E-state index in [-0.39, 0.29) is 5.82 Å². The lowest BCUT2D eigenvalue weighted by Gasteiger charge is -2.34. The molecule has 0 unspecified atom stereocenters. The summed E-state index contributed by atoms with van der Waals surface area (Å²) in [6.07, 6.45) is 6.47. The second kappa shape index (κ2) is 4.78. The van der Waals surface area contributed by atoms with Crippen LogP contribution in [0.2, 0.25) is 0 Å². The van der Waals surface area contributed by atoms with Crippen LogP contribution in [0.5, 0.6) is 0 Å². The van der Waals surface area contributed by atoms with Crippen molar-refractivity contribution in [3.05, 3.63) is 48.3 Å². The largest absolute Gasteiger partial charge is 0.366 e. The molecule has 0 spiro atoms. The van der Waals surface area contributed by atoms with Gasteiger partial charge in [-0.05, 0) is 37.0 Å². The van der Waals surface area contributed by atoms with Crippen molar-refractivity contribution < 1.29 is 8.91 Å². The van der Waals surface area contributed by atoms with E-state index in [0.717, 1.165) is 36.0 Å². The maximum atomic E-state index is 13.1. The molecule has 0 aliphatic heterocycles. The summed E-state index contributed by atoms with van der Waals surface area (Å²) >= 11 is 0. The van der Waals surface area contributed by atoms with Gasteiger partial charge in [0.05, 0.1) is 11.1 Å². The molecular formula is C16H15FN4O. The highest BCUT2D eigenvalue weighted by Crippen LogP contribution is 2.38. The Morgan fingerprint density at radius 3 is 2.55 bits per heavy atom. The number of rotatable bonds is 3. The van der Waals surface area contributed by atoms with Crippen LogP contribution in [0.4, 0.5) is 4.39 Å². The van der Waals surface area contributed by atoms with Gasteiger partial charge >= 0.3 is 0 Å². The minimum absolute atomic E-state index is 0.268. The Bertz CT molecular complexity index is 802. The van der Waals surface area contributed by atoms with Crippen molar-refractivity contribution in [2.45, 2.75) is 24.8 Å². The Morgan fingerprint density at radius 1 is 1.14 bits per heavy atom. The van der Waals surface area contributed by atoms with Gasteiger partial charge in [0.1, 0.15) is 5.82 Å². The molecule has 1 saturated carbocycles. The van der Waals surface area contributed by atoms with Crippen LogP contribution in [0.1, 0.15) is 25.1 Å². The van der Waals surface area contributed by atoms with Crippen molar-refractivity contribution in [3.63, 3.8) is 0 Å². The lowest BCUT2D eigenvalue weighted by molar-refractivity contribution is 0.229. The Labute approximate surface area is 126 Å². The number of hydrogen-bond acceptors (Lipinski definition) is 4. The number of nitrogens with zero attached hydrogens (tertiary/aromatic N) is 2. The van der Waals surface area contributed by atoms with Crippen molar-refractivity contribution in [3.8, 4) is 22.6 Å². The van der Waals surface area contributed by atoms with Crippen LogP contribution < -0.4 is 5.73 Å². The van der Waals surface area contributed by atoms with E-state index in [4.69, 9.17) is 10.3 Å². The smallest absolute Gasteiger partial charge is 0.260 e. The molecular weight excluding hydrogens is 283 g/mol. The van der Waals surface area contributed by atoms with E-state index in [1.54, 1.807) is 18.3 Å². The molecule has 0 atom stereocenters. The van der Waals surface area contributed by atoms with E-state index >= 15 is 0 Å². The molecule has 0 radical (unpaired) electrons. The van der Waals surface area contributed by atoms with Crippen LogP contribution in [-0.4, -0.2) is 15.1 Å². The quantitative estimate of drug-likeness (QED) is 0.778. The van der Waals surface area contributed by atoms with Gasteiger partial charge in [-0.3, -0.25) is 0 Å². The number of H-pyrrole nitrogens is 1. The van der Waals surface area contributed by atoms with Gasteiger partial charge in [0.25, 0.3) is 5.89 Å². The first-order valence-corrected chi connectivity index (χ1v) is 7.22. The van der Waals surface area contributed by atoms with Gasteiger partial charge in [-0.25, -0.2) is 4.39 Å². The summed E-state index contributed by atoms with van der Waals surface area (Å²) in [6, 6.07) is 6.29. The maximum Gasteiger partial charge on any atom is 0.260 e. The lowest BCUT2D eigenvalue weighted by Crippen LogP contribution is -2.44. The summed E-state index contributed by atoms with van der Waals surface area (Å²) < 4.78 is 18.5. The number of nitrogens with one attached hydrogen (secondary N) is 1. The third-order valence-electron chi connectivity index (χ3n) is 4.25. The van der Waals surface area contributed by atoms with E-state index < -0.39 is 5.54 Å². The van der Waals surface area contributed by atoms with Crippen molar-refractivity contribution in [1.29, 1.82) is 0 Å². The Kier molecular flexibility index (Phi) is 2.87. The normalized spacial score (nSPS) is 16.5. The highest BCUT2D eigenvalue weighted by atomic mass is 19.1. The molecule has 1 aliphatic rings. The second-order valence-corrected chi connectivity index (χ2v) is 5.72. The summed E-state index contributed by atoms with van der Waals surface area (Å²) in [4.78, 5) is 7.49. The van der Waals surface area contributed by atoms with E-state index in [2.05, 4.69) is 15.1 Å². The van der Waals surface area contributed by atoms with Crippen molar-refractivity contribution >= 4 is 0 Å². The fourth-order valence-electron chi connectivity index (χ4n) is 2.73. The van der Waals surface area contributed by atoms with Crippen molar-refractivity contribution in [1.82, 2.24) is 15.1 Å². The summed E-state index contributed by atoms with van der Waals surface area (Å²) in [6.45, 7) is 0. The van der Waals surface area contributed by atoms with E-state index in [1.165, 1.54) is 12.1 Å². The molecule has 0 amide bonds. The molecule has 5 nitrogen and oxygen atoms in total. The zero-order chi connectivity index (χ0) is 15.2. The van der Waals surface area contributed by atoms with Gasteiger partial charge in [0.2, 0.25) is 0 Å². The van der Waals surface area contributed by atoms with Crippen molar-refractivity contribution in [2.75, 3.05) is 0 Å². The number of halogens is 1. The first-order valence-electron chi connectivity index (χ1n) is 7.22. The fourth-order valence-corrected chi connectivity index (χ4v) is 2.73. The van der Waals surface area contributed by atoms with Gasteiger partial charge in [-0.1, -0.05) is 17.3 Å². The predicted octanol–water partition coefficient (Wildman–Crippen LogP) is 3.21. The molecule has 22 heavy (non-hydrogen) atoms. The van der Waals surface area contributed by atoms with Crippen LogP contribution in [0, 0.1) is 5.82 Å². The highest BCUT2D eigenvalue weighted by molar-refractivity contribution is 5.79. The minimum Gasteiger partial charge on any atom is -0.366 e. The molecule has 1 aromatic carbocycles. The first kappa shape index (κ1) is 13.2. The molecule has 3 N–H and O–H groups in total. The molecule has 1 fully saturated rings. The number of aromatic nitrogens is 3. The average Bonchev–Trinajstić information content (AvgIpc) is 3.14. The molecule has 3 aromatic rings. The predicted molar refractivity (Wildman–Crippen MR) is 79.2 cm³/mol. The molecule has 0 bridgehead atoms. The van der Waals surface area contributed by atoms with Crippen LogP contribution in [-0.2, 0) is 5.54 Å². The standard InChI is InChI=1S/C16H15FN4O/c17-11-4-2-10(3-5-11)12-8-19-9-13(12)14-20-15(21-22-14)16(18)6-1-7-16/h2-5,8-9,19H,1,6-7,18H2. The van der Waals surface area contributed by atoms with Gasteiger partial charge in [0, 0.05) is 18.0 Å². The van der Waals surface area contributed by atoms with E-state index in [0.29, 0.717) is 11.7 Å². The minimum atomic E-state index is -0.450. The van der Waals surface area contributed by atoms with Crippen LogP contribution in [0.15, 0.2) is 41.2 Å². The summed E-state index contributed by atoms with van der Waals surface area (Å²) in [5.74, 6) is 0.711. The third kappa shape index (κ3) is 2.03. The number of nitrogens with two attached hydrogens (primary N) is 1. The molecule has 4 rings (SSSR count). The molecule has 6 heteroatoms. The van der Waals surface area contributed by atoms with E-state index in [9.17, 15) is 4.39 Å². The van der Waals surface area contributed by atoms with Crippen LogP contribution >= 0.6 is 0 Å². The lowest BCUT2D eigenvalue weighted by atomic mass is 9.77. The van der Waals surface area contributed by atoms with Gasteiger partial charge in [-0.2, -0.15) is 4.98 Å². The van der Waals surface area contributed by atoms with Gasteiger partial charge in [0.15, 0.2) is 5.82 Å². The van der Waals surface area contributed by atoms with Crippen LogP contribution in [0.3, 0.4) is 0 Å². The summed E-state index contributed by atoms with van der Waals surface area (Å²) in [5.41, 5.74) is 8.32. The zero-order valence-corrected chi connectivity index (χ0v) is 11.8. The molecule has 1 aliphatic carbocycles. The molecule has 2 aromatic heterocycles. The average molecular weight is 298 g/mol. The first-order chi connectivity index (χ1) is 10.7. The fraction of sp³-hybridized carbons (Fsp3) is 0.250. The zero-order valence-electron chi connectivity index (χ0n) is 11.8. The summed E-state index contributed by atoms with van der Waals surface area (Å²) in [5, 5.41) is 4.03. The Hall–Kier alpha value is -2.47. The second-order valence-electron chi connectivity index (χ2n) is 5.72. The monoisotopic (exact) mass is 298 g/mol. The Morgan fingerprint density at radius 2 is 1.86 bits per heavy atom.